The van der Waals surface area contributed by atoms with E-state index in [0.29, 0.717) is 0 Å². The zero-order chi connectivity index (χ0) is 10.6. The second kappa shape index (κ2) is 2.96. The van der Waals surface area contributed by atoms with Gasteiger partial charge in [0, 0.05) is 25.2 Å². The van der Waals surface area contributed by atoms with Crippen LogP contribution in [0.1, 0.15) is 34.1 Å². The van der Waals surface area contributed by atoms with Gasteiger partial charge in [-0.15, -0.1) is 0 Å². The smallest absolute Gasteiger partial charge is 0.0161 e. The molecule has 1 aliphatic carbocycles. The minimum atomic E-state index is -0.0836. The Morgan fingerprint density at radius 2 is 1.64 bits per heavy atom. The van der Waals surface area contributed by atoms with E-state index in [9.17, 15) is 0 Å². The average molecular weight is 196 g/mol. The summed E-state index contributed by atoms with van der Waals surface area (Å²) in [6.45, 7) is 12.7. The molecule has 0 bridgehead atoms. The van der Waals surface area contributed by atoms with Crippen LogP contribution < -0.4 is 5.73 Å². The largest absolute Gasteiger partial charge is 0.325 e. The second-order valence-electron chi connectivity index (χ2n) is 6.56. The van der Waals surface area contributed by atoms with Crippen LogP contribution in [0.15, 0.2) is 0 Å². The van der Waals surface area contributed by atoms with Gasteiger partial charge in [-0.2, -0.15) is 0 Å². The lowest BCUT2D eigenvalue weighted by atomic mass is 9.75. The van der Waals surface area contributed by atoms with Crippen LogP contribution in [0.2, 0.25) is 0 Å². The first kappa shape index (κ1) is 10.4. The number of hydrogen-bond acceptors (Lipinski definition) is 2. The Balaban J connectivity index is 1.90. The van der Waals surface area contributed by atoms with Crippen LogP contribution in [0.5, 0.6) is 0 Å². The zero-order valence-corrected chi connectivity index (χ0v) is 10.0. The van der Waals surface area contributed by atoms with Crippen LogP contribution in [-0.2, 0) is 0 Å². The highest BCUT2D eigenvalue weighted by molar-refractivity contribution is 5.00. The minimum absolute atomic E-state index is 0.0836. The highest BCUT2D eigenvalue weighted by Gasteiger charge is 2.47. The summed E-state index contributed by atoms with van der Waals surface area (Å²) in [5, 5.41) is 0. The molecule has 0 amide bonds. The van der Waals surface area contributed by atoms with Gasteiger partial charge < -0.3 is 10.6 Å². The van der Waals surface area contributed by atoms with E-state index in [1.54, 1.807) is 0 Å². The van der Waals surface area contributed by atoms with E-state index in [-0.39, 0.29) is 11.0 Å². The fourth-order valence-electron chi connectivity index (χ4n) is 2.39. The third-order valence-corrected chi connectivity index (χ3v) is 4.42. The van der Waals surface area contributed by atoms with E-state index in [2.05, 4.69) is 32.6 Å². The first-order chi connectivity index (χ1) is 6.29. The first-order valence-electron chi connectivity index (χ1n) is 5.81. The normalized spacial score (nSPS) is 33.2. The molecular weight excluding hydrogens is 172 g/mol. The molecule has 1 aliphatic heterocycles. The van der Waals surface area contributed by atoms with Crippen molar-refractivity contribution in [2.24, 2.45) is 23.0 Å². The summed E-state index contributed by atoms with van der Waals surface area (Å²) >= 11 is 0. The summed E-state index contributed by atoms with van der Waals surface area (Å²) in [5.41, 5.74) is 6.34. The lowest BCUT2D eigenvalue weighted by Crippen LogP contribution is -2.52. The number of piperidine rings is 1. The molecule has 2 unspecified atom stereocenters. The fraction of sp³-hybridized carbons (Fsp3) is 1.00. The van der Waals surface area contributed by atoms with E-state index >= 15 is 0 Å². The summed E-state index contributed by atoms with van der Waals surface area (Å²) in [5.74, 6) is 2.07. The minimum Gasteiger partial charge on any atom is -0.325 e. The summed E-state index contributed by atoms with van der Waals surface area (Å²) in [4.78, 5) is 2.60. The molecule has 0 radical (unpaired) electrons. The maximum Gasteiger partial charge on any atom is 0.0161 e. The van der Waals surface area contributed by atoms with Crippen molar-refractivity contribution in [3.63, 3.8) is 0 Å². The summed E-state index contributed by atoms with van der Waals surface area (Å²) in [7, 11) is 0. The fourth-order valence-corrected chi connectivity index (χ4v) is 2.39. The topological polar surface area (TPSA) is 29.3 Å². The molecule has 0 aromatic carbocycles. The van der Waals surface area contributed by atoms with E-state index in [4.69, 9.17) is 5.73 Å². The molecule has 2 nitrogen and oxygen atoms in total. The lowest BCUT2D eigenvalue weighted by molar-refractivity contribution is 0.122. The van der Waals surface area contributed by atoms with E-state index < -0.39 is 0 Å². The van der Waals surface area contributed by atoms with Gasteiger partial charge >= 0.3 is 0 Å². The molecule has 2 heteroatoms. The zero-order valence-electron chi connectivity index (χ0n) is 10.0. The number of rotatable bonds is 3. The van der Waals surface area contributed by atoms with Crippen LogP contribution in [0.4, 0.5) is 0 Å². The van der Waals surface area contributed by atoms with E-state index in [1.807, 2.05) is 0 Å². The van der Waals surface area contributed by atoms with Gasteiger partial charge in [0.25, 0.3) is 0 Å². The van der Waals surface area contributed by atoms with E-state index in [1.165, 1.54) is 19.5 Å². The van der Waals surface area contributed by atoms with E-state index in [0.717, 1.165) is 18.4 Å². The molecule has 1 saturated carbocycles. The van der Waals surface area contributed by atoms with Crippen molar-refractivity contribution in [2.75, 3.05) is 19.6 Å². The SMILES string of the molecule is CC(C)(N)C(C)(C)CN1CC2CC2C1. The Bertz CT molecular complexity index is 217. The third kappa shape index (κ3) is 1.82. The van der Waals surface area contributed by atoms with Crippen molar-refractivity contribution in [3.8, 4) is 0 Å². The standard InChI is InChI=1S/C12H24N2/c1-11(2,12(3,4)13)8-14-6-9-5-10(9)7-14/h9-10H,5-8,13H2,1-4H3. The van der Waals surface area contributed by atoms with Gasteiger partial charge in [0.1, 0.15) is 0 Å². The first-order valence-corrected chi connectivity index (χ1v) is 5.81. The van der Waals surface area contributed by atoms with Crippen molar-refractivity contribution in [2.45, 2.75) is 39.7 Å². The third-order valence-electron chi connectivity index (χ3n) is 4.42. The van der Waals surface area contributed by atoms with Gasteiger partial charge in [-0.05, 0) is 37.5 Å². The van der Waals surface area contributed by atoms with Crippen molar-refractivity contribution in [1.29, 1.82) is 0 Å². The molecule has 1 saturated heterocycles. The Morgan fingerprint density at radius 3 is 2.07 bits per heavy atom. The van der Waals surface area contributed by atoms with Crippen LogP contribution in [0.3, 0.4) is 0 Å². The predicted molar refractivity (Wildman–Crippen MR) is 60.1 cm³/mol. The van der Waals surface area contributed by atoms with Crippen LogP contribution in [0.25, 0.3) is 0 Å². The summed E-state index contributed by atoms with van der Waals surface area (Å²) in [6, 6.07) is 0. The molecule has 14 heavy (non-hydrogen) atoms. The number of hydrogen-bond donors (Lipinski definition) is 1. The van der Waals surface area contributed by atoms with Crippen molar-refractivity contribution in [1.82, 2.24) is 4.90 Å². The summed E-state index contributed by atoms with van der Waals surface area (Å²) < 4.78 is 0. The molecule has 0 spiro atoms. The van der Waals surface area contributed by atoms with Gasteiger partial charge in [-0.3, -0.25) is 0 Å². The molecule has 82 valence electrons. The van der Waals surface area contributed by atoms with Gasteiger partial charge in [-0.25, -0.2) is 0 Å². The van der Waals surface area contributed by atoms with Crippen LogP contribution >= 0.6 is 0 Å². The van der Waals surface area contributed by atoms with Gasteiger partial charge in [0.05, 0.1) is 0 Å². The molecule has 0 aromatic heterocycles. The predicted octanol–water partition coefficient (Wildman–Crippen LogP) is 1.70. The molecule has 1 heterocycles. The maximum absolute atomic E-state index is 6.21. The summed E-state index contributed by atoms with van der Waals surface area (Å²) in [6.07, 6.45) is 1.49. The Morgan fingerprint density at radius 1 is 1.14 bits per heavy atom. The molecular formula is C12H24N2. The van der Waals surface area contributed by atoms with Gasteiger partial charge in [0.2, 0.25) is 0 Å². The number of likely N-dealkylation sites (tertiary alicyclic amines) is 1. The van der Waals surface area contributed by atoms with Crippen molar-refractivity contribution < 1.29 is 0 Å². The van der Waals surface area contributed by atoms with Crippen molar-refractivity contribution in [3.05, 3.63) is 0 Å². The van der Waals surface area contributed by atoms with Crippen LogP contribution in [0, 0.1) is 17.3 Å². The molecule has 2 aliphatic rings. The number of fused-ring (bicyclic) bond motifs is 1. The van der Waals surface area contributed by atoms with Crippen LogP contribution in [-0.4, -0.2) is 30.1 Å². The molecule has 2 atom stereocenters. The Labute approximate surface area is 87.8 Å². The second-order valence-corrected chi connectivity index (χ2v) is 6.56. The Hall–Kier alpha value is -0.0800. The average Bonchev–Trinajstić information content (AvgIpc) is 2.56. The number of nitrogens with zero attached hydrogens (tertiary/aromatic N) is 1. The highest BCUT2D eigenvalue weighted by Crippen LogP contribution is 2.46. The molecule has 2 rings (SSSR count). The molecule has 2 fully saturated rings. The highest BCUT2D eigenvalue weighted by atomic mass is 15.2. The van der Waals surface area contributed by atoms with Gasteiger partial charge in [-0.1, -0.05) is 13.8 Å². The molecule has 0 aromatic rings. The number of nitrogens with two attached hydrogens (primary N) is 1. The van der Waals surface area contributed by atoms with Crippen molar-refractivity contribution >= 4 is 0 Å². The quantitative estimate of drug-likeness (QED) is 0.744. The lowest BCUT2D eigenvalue weighted by Gasteiger charge is -2.41. The maximum atomic E-state index is 6.21. The Kier molecular flexibility index (Phi) is 2.20. The van der Waals surface area contributed by atoms with Gasteiger partial charge in [0.15, 0.2) is 0 Å². The molecule has 2 N–H and O–H groups in total. The monoisotopic (exact) mass is 196 g/mol.